The van der Waals surface area contributed by atoms with Gasteiger partial charge in [-0.3, -0.25) is 4.79 Å². The fourth-order valence-corrected chi connectivity index (χ4v) is 2.12. The summed E-state index contributed by atoms with van der Waals surface area (Å²) in [7, 11) is 0. The zero-order valence-electron chi connectivity index (χ0n) is 12.0. The lowest BCUT2D eigenvalue weighted by Gasteiger charge is -2.07. The molecule has 0 unspecified atom stereocenters. The van der Waals surface area contributed by atoms with Gasteiger partial charge in [-0.25, -0.2) is 4.98 Å². The van der Waals surface area contributed by atoms with Crippen LogP contribution in [0.15, 0.2) is 36.7 Å². The van der Waals surface area contributed by atoms with Crippen molar-refractivity contribution in [3.63, 3.8) is 0 Å². The molecule has 106 valence electrons. The Labute approximate surface area is 119 Å². The van der Waals surface area contributed by atoms with Crippen molar-refractivity contribution in [3.05, 3.63) is 48.0 Å². The highest BCUT2D eigenvalue weighted by Gasteiger charge is 2.11. The Morgan fingerprint density at radius 3 is 2.95 bits per heavy atom. The molecule has 4 nitrogen and oxygen atoms in total. The minimum absolute atomic E-state index is 0.0649. The number of imidazole rings is 1. The zero-order valence-corrected chi connectivity index (χ0v) is 12.0. The second-order valence-electron chi connectivity index (χ2n) is 4.60. The van der Waals surface area contributed by atoms with Gasteiger partial charge in [0.15, 0.2) is 5.78 Å². The molecule has 0 N–H and O–H groups in total. The lowest BCUT2D eigenvalue weighted by atomic mass is 10.1. The Bertz CT molecular complexity index is 575. The molecule has 0 spiro atoms. The van der Waals surface area contributed by atoms with E-state index in [2.05, 4.69) is 11.9 Å². The predicted molar refractivity (Wildman–Crippen MR) is 78.2 cm³/mol. The molecule has 1 heterocycles. The van der Waals surface area contributed by atoms with Crippen molar-refractivity contribution in [1.29, 1.82) is 0 Å². The minimum atomic E-state index is 0.0649. The molecule has 0 atom stereocenters. The maximum atomic E-state index is 12.3. The first kappa shape index (κ1) is 14.3. The molecule has 1 aromatic carbocycles. The van der Waals surface area contributed by atoms with Crippen molar-refractivity contribution in [2.75, 3.05) is 6.61 Å². The third kappa shape index (κ3) is 3.47. The van der Waals surface area contributed by atoms with Gasteiger partial charge in [-0.05, 0) is 25.5 Å². The van der Waals surface area contributed by atoms with Gasteiger partial charge in [-0.1, -0.05) is 19.1 Å². The van der Waals surface area contributed by atoms with Gasteiger partial charge in [0.25, 0.3) is 0 Å². The Morgan fingerprint density at radius 2 is 2.20 bits per heavy atom. The van der Waals surface area contributed by atoms with E-state index in [0.29, 0.717) is 18.6 Å². The van der Waals surface area contributed by atoms with Gasteiger partial charge in [0, 0.05) is 24.5 Å². The first-order valence-corrected chi connectivity index (χ1v) is 7.00. The number of Topliss-reactive ketones (excluding diaryl/α,β-unsaturated/α-hetero) is 1. The van der Waals surface area contributed by atoms with Gasteiger partial charge in [0.2, 0.25) is 0 Å². The molecule has 0 aliphatic carbocycles. The van der Waals surface area contributed by atoms with Crippen LogP contribution in [-0.4, -0.2) is 21.9 Å². The van der Waals surface area contributed by atoms with E-state index in [9.17, 15) is 4.79 Å². The fraction of sp³-hybridized carbons (Fsp3) is 0.375. The molecule has 0 aliphatic heterocycles. The SMILES string of the molecule is CCCn1ccnc1CC(=O)c1cccc(OCC)c1. The van der Waals surface area contributed by atoms with Crippen molar-refractivity contribution in [1.82, 2.24) is 9.55 Å². The normalized spacial score (nSPS) is 10.5. The maximum absolute atomic E-state index is 12.3. The standard InChI is InChI=1S/C16H20N2O2/c1-3-9-18-10-8-17-16(18)12-15(19)13-6-5-7-14(11-13)20-4-2/h5-8,10-11H,3-4,9,12H2,1-2H3. The van der Waals surface area contributed by atoms with Crippen LogP contribution in [0.4, 0.5) is 0 Å². The zero-order chi connectivity index (χ0) is 14.4. The lowest BCUT2D eigenvalue weighted by Crippen LogP contribution is -2.10. The number of hydrogen-bond acceptors (Lipinski definition) is 3. The van der Waals surface area contributed by atoms with E-state index in [0.717, 1.165) is 24.5 Å². The Kier molecular flexibility index (Phi) is 4.93. The van der Waals surface area contributed by atoms with Crippen LogP contribution in [-0.2, 0) is 13.0 Å². The number of carbonyl (C=O) groups is 1. The molecule has 2 rings (SSSR count). The lowest BCUT2D eigenvalue weighted by molar-refractivity contribution is 0.0989. The monoisotopic (exact) mass is 272 g/mol. The summed E-state index contributed by atoms with van der Waals surface area (Å²) in [5, 5.41) is 0. The predicted octanol–water partition coefficient (Wildman–Crippen LogP) is 3.12. The number of carbonyl (C=O) groups excluding carboxylic acids is 1. The smallest absolute Gasteiger partial charge is 0.170 e. The molecule has 0 radical (unpaired) electrons. The highest BCUT2D eigenvalue weighted by atomic mass is 16.5. The van der Waals surface area contributed by atoms with Crippen LogP contribution in [0.2, 0.25) is 0 Å². The number of rotatable bonds is 7. The number of ketones is 1. The van der Waals surface area contributed by atoms with Gasteiger partial charge in [0.05, 0.1) is 13.0 Å². The van der Waals surface area contributed by atoms with Gasteiger partial charge in [-0.2, -0.15) is 0 Å². The third-order valence-electron chi connectivity index (χ3n) is 3.05. The maximum Gasteiger partial charge on any atom is 0.170 e. The van der Waals surface area contributed by atoms with E-state index in [1.165, 1.54) is 0 Å². The van der Waals surface area contributed by atoms with E-state index in [1.54, 1.807) is 12.3 Å². The molecule has 0 amide bonds. The molecule has 0 bridgehead atoms. The van der Waals surface area contributed by atoms with Crippen molar-refractivity contribution in [2.45, 2.75) is 33.2 Å². The third-order valence-corrected chi connectivity index (χ3v) is 3.05. The summed E-state index contributed by atoms with van der Waals surface area (Å²) < 4.78 is 7.45. The van der Waals surface area contributed by atoms with Gasteiger partial charge >= 0.3 is 0 Å². The number of aryl methyl sites for hydroxylation is 1. The van der Waals surface area contributed by atoms with E-state index >= 15 is 0 Å². The number of ether oxygens (including phenoxy) is 1. The Morgan fingerprint density at radius 1 is 1.35 bits per heavy atom. The van der Waals surface area contributed by atoms with Gasteiger partial charge in [0.1, 0.15) is 11.6 Å². The van der Waals surface area contributed by atoms with Crippen molar-refractivity contribution < 1.29 is 9.53 Å². The first-order chi connectivity index (χ1) is 9.74. The highest BCUT2D eigenvalue weighted by Crippen LogP contribution is 2.15. The largest absolute Gasteiger partial charge is 0.494 e. The van der Waals surface area contributed by atoms with E-state index < -0.39 is 0 Å². The van der Waals surface area contributed by atoms with Crippen LogP contribution in [0.25, 0.3) is 0 Å². The minimum Gasteiger partial charge on any atom is -0.494 e. The summed E-state index contributed by atoms with van der Waals surface area (Å²) in [4.78, 5) is 16.6. The van der Waals surface area contributed by atoms with Crippen LogP contribution in [0.3, 0.4) is 0 Å². The molecule has 0 fully saturated rings. The highest BCUT2D eigenvalue weighted by molar-refractivity contribution is 5.97. The summed E-state index contributed by atoms with van der Waals surface area (Å²) in [6, 6.07) is 7.31. The summed E-state index contributed by atoms with van der Waals surface area (Å²) in [5.41, 5.74) is 0.669. The molecule has 4 heteroatoms. The van der Waals surface area contributed by atoms with Gasteiger partial charge < -0.3 is 9.30 Å². The van der Waals surface area contributed by atoms with Crippen LogP contribution in [0, 0.1) is 0 Å². The summed E-state index contributed by atoms with van der Waals surface area (Å²) >= 11 is 0. The molecule has 1 aromatic heterocycles. The Balaban J connectivity index is 2.11. The molecule has 0 saturated carbocycles. The second kappa shape index (κ2) is 6.89. The average Bonchev–Trinajstić information content (AvgIpc) is 2.87. The topological polar surface area (TPSA) is 44.1 Å². The number of benzene rings is 1. The van der Waals surface area contributed by atoms with Crippen LogP contribution < -0.4 is 4.74 Å². The molecule has 20 heavy (non-hydrogen) atoms. The first-order valence-electron chi connectivity index (χ1n) is 7.00. The van der Waals surface area contributed by atoms with E-state index in [1.807, 2.05) is 35.9 Å². The molecule has 0 aliphatic rings. The fourth-order valence-electron chi connectivity index (χ4n) is 2.12. The number of nitrogens with zero attached hydrogens (tertiary/aromatic N) is 2. The van der Waals surface area contributed by atoms with Crippen molar-refractivity contribution in [2.24, 2.45) is 0 Å². The second-order valence-corrected chi connectivity index (χ2v) is 4.60. The quantitative estimate of drug-likeness (QED) is 0.727. The molecule has 0 saturated heterocycles. The van der Waals surface area contributed by atoms with E-state index in [4.69, 9.17) is 4.74 Å². The summed E-state index contributed by atoms with van der Waals surface area (Å²) in [6.07, 6.45) is 5.01. The van der Waals surface area contributed by atoms with Crippen molar-refractivity contribution in [3.8, 4) is 5.75 Å². The van der Waals surface area contributed by atoms with Crippen LogP contribution >= 0.6 is 0 Å². The number of aromatic nitrogens is 2. The van der Waals surface area contributed by atoms with Crippen LogP contribution in [0.5, 0.6) is 5.75 Å². The number of hydrogen-bond donors (Lipinski definition) is 0. The molecular weight excluding hydrogens is 252 g/mol. The average molecular weight is 272 g/mol. The van der Waals surface area contributed by atoms with Crippen LogP contribution in [0.1, 0.15) is 36.5 Å². The van der Waals surface area contributed by atoms with E-state index in [-0.39, 0.29) is 5.78 Å². The molecule has 2 aromatic rings. The summed E-state index contributed by atoms with van der Waals surface area (Å²) in [5.74, 6) is 1.61. The molecular formula is C16H20N2O2. The van der Waals surface area contributed by atoms with Gasteiger partial charge in [-0.15, -0.1) is 0 Å². The Hall–Kier alpha value is -2.10. The summed E-state index contributed by atoms with van der Waals surface area (Å²) in [6.45, 7) is 5.52. The van der Waals surface area contributed by atoms with Crippen molar-refractivity contribution >= 4 is 5.78 Å².